The molecule has 0 bridgehead atoms. The summed E-state index contributed by atoms with van der Waals surface area (Å²) in [5, 5.41) is 20.9. The van der Waals surface area contributed by atoms with Crippen LogP contribution in [0, 0.1) is 10.1 Å². The summed E-state index contributed by atoms with van der Waals surface area (Å²) in [7, 11) is 0. The van der Waals surface area contributed by atoms with Crippen molar-refractivity contribution in [2.45, 2.75) is 32.7 Å². The zero-order valence-corrected chi connectivity index (χ0v) is 21.1. The molecule has 0 radical (unpaired) electrons. The molecule has 188 valence electrons. The molecule has 1 aliphatic heterocycles. The van der Waals surface area contributed by atoms with Crippen molar-refractivity contribution in [1.29, 1.82) is 0 Å². The van der Waals surface area contributed by atoms with Crippen LogP contribution < -0.4 is 4.90 Å². The molecular weight excluding hydrogens is 450 g/mol. The Labute approximate surface area is 213 Å². The molecule has 1 heterocycles. The van der Waals surface area contributed by atoms with E-state index in [-0.39, 0.29) is 17.2 Å². The number of piperazine rings is 1. The van der Waals surface area contributed by atoms with Crippen molar-refractivity contribution in [1.82, 2.24) is 4.90 Å². The van der Waals surface area contributed by atoms with Gasteiger partial charge in [0.15, 0.2) is 0 Å². The summed E-state index contributed by atoms with van der Waals surface area (Å²) in [4.78, 5) is 15.8. The predicted octanol–water partition coefficient (Wildman–Crippen LogP) is 5.86. The number of aliphatic hydroxyl groups is 1. The van der Waals surface area contributed by atoms with Gasteiger partial charge in [0.2, 0.25) is 0 Å². The van der Waals surface area contributed by atoms with E-state index in [1.807, 2.05) is 30.3 Å². The summed E-state index contributed by atoms with van der Waals surface area (Å²) in [6.45, 7) is 8.74. The summed E-state index contributed by atoms with van der Waals surface area (Å²) < 4.78 is 0. The first kappa shape index (κ1) is 25.6. The van der Waals surface area contributed by atoms with Crippen molar-refractivity contribution in [2.75, 3.05) is 37.7 Å². The number of non-ortho nitro benzene ring substituents is 1. The lowest BCUT2D eigenvalue weighted by Crippen LogP contribution is -2.48. The van der Waals surface area contributed by atoms with Gasteiger partial charge in [-0.05, 0) is 78.8 Å². The van der Waals surface area contributed by atoms with Crippen LogP contribution in [0.15, 0.2) is 78.9 Å². The van der Waals surface area contributed by atoms with Crippen molar-refractivity contribution < 1.29 is 10.0 Å². The number of allylic oxidation sites excluding steroid dienone is 1. The van der Waals surface area contributed by atoms with Crippen molar-refractivity contribution in [3.8, 4) is 0 Å². The quantitative estimate of drug-likeness (QED) is 0.234. The van der Waals surface area contributed by atoms with Gasteiger partial charge in [-0.15, -0.1) is 0 Å². The lowest BCUT2D eigenvalue weighted by Gasteiger charge is -2.38. The maximum atomic E-state index is 11.3. The summed E-state index contributed by atoms with van der Waals surface area (Å²) in [5.41, 5.74) is 6.53. The van der Waals surface area contributed by atoms with Crippen LogP contribution in [0.3, 0.4) is 0 Å². The number of hydrogen-bond acceptors (Lipinski definition) is 5. The lowest BCUT2D eigenvalue weighted by atomic mass is 9.87. The molecule has 1 aliphatic rings. The molecule has 3 aromatic rings. The standard InChI is InChI=1S/C30H35N3O3/c1-23(2)31-18-20-32(21-19-31)27-14-10-25(11-15-27)30(26-12-16-28(17-13-26)33(35)36)29(9-6-22-34)24-7-4-3-5-8-24/h3-5,7-8,10-17,23,34H,6,9,18-22H2,1-2H3/b30-29+. The maximum absolute atomic E-state index is 11.3. The monoisotopic (exact) mass is 485 g/mol. The second kappa shape index (κ2) is 12.0. The molecule has 6 nitrogen and oxygen atoms in total. The Morgan fingerprint density at radius 2 is 1.44 bits per heavy atom. The number of hydrogen-bond donors (Lipinski definition) is 1. The van der Waals surface area contributed by atoms with Crippen LogP contribution in [0.25, 0.3) is 11.1 Å². The van der Waals surface area contributed by atoms with E-state index in [4.69, 9.17) is 0 Å². The number of benzene rings is 3. The molecule has 0 amide bonds. The van der Waals surface area contributed by atoms with Gasteiger partial charge >= 0.3 is 0 Å². The van der Waals surface area contributed by atoms with Crippen molar-refractivity contribution in [3.05, 3.63) is 106 Å². The first-order valence-electron chi connectivity index (χ1n) is 12.7. The number of nitrogens with zero attached hydrogens (tertiary/aromatic N) is 3. The number of nitro groups is 1. The Morgan fingerprint density at radius 1 is 0.861 bits per heavy atom. The van der Waals surface area contributed by atoms with E-state index < -0.39 is 0 Å². The van der Waals surface area contributed by atoms with Gasteiger partial charge in [-0.2, -0.15) is 0 Å². The highest BCUT2D eigenvalue weighted by Crippen LogP contribution is 2.36. The van der Waals surface area contributed by atoms with Crippen LogP contribution >= 0.6 is 0 Å². The Bertz CT molecular complexity index is 1160. The minimum absolute atomic E-state index is 0.0746. The SMILES string of the molecule is CC(C)N1CCN(c2ccc(/C(=C(/CCCO)c3ccccc3)c3ccc([N+](=O)[O-])cc3)cc2)CC1. The Kier molecular flexibility index (Phi) is 8.52. The largest absolute Gasteiger partial charge is 0.396 e. The highest BCUT2D eigenvalue weighted by atomic mass is 16.6. The molecule has 0 spiro atoms. The minimum atomic E-state index is -0.370. The fourth-order valence-corrected chi connectivity index (χ4v) is 4.91. The van der Waals surface area contributed by atoms with Crippen LogP contribution in [0.1, 0.15) is 43.4 Å². The smallest absolute Gasteiger partial charge is 0.269 e. The Hall–Kier alpha value is -3.48. The molecule has 4 rings (SSSR count). The maximum Gasteiger partial charge on any atom is 0.269 e. The molecule has 0 saturated carbocycles. The number of anilines is 1. The van der Waals surface area contributed by atoms with Gasteiger partial charge < -0.3 is 10.0 Å². The van der Waals surface area contributed by atoms with Crippen LogP contribution in [-0.2, 0) is 0 Å². The van der Waals surface area contributed by atoms with E-state index >= 15 is 0 Å². The number of aliphatic hydroxyl groups excluding tert-OH is 1. The summed E-state index contributed by atoms with van der Waals surface area (Å²) in [6.07, 6.45) is 1.34. The van der Waals surface area contributed by atoms with Crippen molar-refractivity contribution in [2.24, 2.45) is 0 Å². The van der Waals surface area contributed by atoms with Gasteiger partial charge in [-0.1, -0.05) is 42.5 Å². The molecular formula is C30H35N3O3. The van der Waals surface area contributed by atoms with Crippen LogP contribution in [-0.4, -0.2) is 53.8 Å². The lowest BCUT2D eigenvalue weighted by molar-refractivity contribution is -0.384. The molecule has 6 heteroatoms. The molecule has 0 aromatic heterocycles. The summed E-state index contributed by atoms with van der Waals surface area (Å²) >= 11 is 0. The average molecular weight is 486 g/mol. The van der Waals surface area contributed by atoms with Gasteiger partial charge in [-0.3, -0.25) is 15.0 Å². The van der Waals surface area contributed by atoms with Crippen LogP contribution in [0.4, 0.5) is 11.4 Å². The Morgan fingerprint density at radius 3 is 1.97 bits per heavy atom. The second-order valence-corrected chi connectivity index (χ2v) is 9.51. The van der Waals surface area contributed by atoms with Crippen LogP contribution in [0.5, 0.6) is 0 Å². The second-order valence-electron chi connectivity index (χ2n) is 9.51. The first-order chi connectivity index (χ1) is 17.5. The van der Waals surface area contributed by atoms with Gasteiger partial charge in [-0.25, -0.2) is 0 Å². The van der Waals surface area contributed by atoms with E-state index in [9.17, 15) is 15.2 Å². The number of rotatable bonds is 9. The fourth-order valence-electron chi connectivity index (χ4n) is 4.91. The Balaban J connectivity index is 1.74. The molecule has 1 saturated heterocycles. The third kappa shape index (κ3) is 6.01. The van der Waals surface area contributed by atoms with Gasteiger partial charge in [0.1, 0.15) is 0 Å². The van der Waals surface area contributed by atoms with E-state index in [0.717, 1.165) is 54.0 Å². The molecule has 1 fully saturated rings. The molecule has 1 N–H and O–H groups in total. The molecule has 0 aliphatic carbocycles. The third-order valence-electron chi connectivity index (χ3n) is 6.94. The van der Waals surface area contributed by atoms with Crippen molar-refractivity contribution >= 4 is 22.5 Å². The molecule has 3 aromatic carbocycles. The van der Waals surface area contributed by atoms with Gasteiger partial charge in [0.25, 0.3) is 5.69 Å². The summed E-state index contributed by atoms with van der Waals surface area (Å²) in [5.74, 6) is 0. The zero-order chi connectivity index (χ0) is 25.5. The molecule has 0 unspecified atom stereocenters. The van der Waals surface area contributed by atoms with E-state index in [1.54, 1.807) is 12.1 Å². The first-order valence-corrected chi connectivity index (χ1v) is 12.7. The highest BCUT2D eigenvalue weighted by molar-refractivity contribution is 5.98. The van der Waals surface area contributed by atoms with Gasteiger partial charge in [0, 0.05) is 56.6 Å². The van der Waals surface area contributed by atoms with E-state index in [2.05, 4.69) is 60.0 Å². The topological polar surface area (TPSA) is 69.8 Å². The third-order valence-corrected chi connectivity index (χ3v) is 6.94. The zero-order valence-electron chi connectivity index (χ0n) is 21.1. The van der Waals surface area contributed by atoms with Crippen LogP contribution in [0.2, 0.25) is 0 Å². The summed E-state index contributed by atoms with van der Waals surface area (Å²) in [6, 6.07) is 26.2. The minimum Gasteiger partial charge on any atom is -0.396 e. The van der Waals surface area contributed by atoms with E-state index in [0.29, 0.717) is 18.9 Å². The highest BCUT2D eigenvalue weighted by Gasteiger charge is 2.20. The fraction of sp³-hybridized carbons (Fsp3) is 0.333. The average Bonchev–Trinajstić information content (AvgIpc) is 2.92. The van der Waals surface area contributed by atoms with Gasteiger partial charge in [0.05, 0.1) is 4.92 Å². The number of nitro benzene ring substituents is 1. The molecule has 36 heavy (non-hydrogen) atoms. The molecule has 0 atom stereocenters. The van der Waals surface area contributed by atoms with Crippen molar-refractivity contribution in [3.63, 3.8) is 0 Å². The van der Waals surface area contributed by atoms with E-state index in [1.165, 1.54) is 5.69 Å². The predicted molar refractivity (Wildman–Crippen MR) is 147 cm³/mol. The normalized spacial score (nSPS) is 15.2.